The smallest absolute Gasteiger partial charge is 0.147 e. The zero-order chi connectivity index (χ0) is 12.8. The number of rotatable bonds is 6. The highest BCUT2D eigenvalue weighted by molar-refractivity contribution is 6.30. The first-order valence-corrected chi connectivity index (χ1v) is 6.29. The summed E-state index contributed by atoms with van der Waals surface area (Å²) >= 11 is 5.91. The van der Waals surface area contributed by atoms with E-state index >= 15 is 0 Å². The van der Waals surface area contributed by atoms with E-state index in [0.717, 1.165) is 11.3 Å². The van der Waals surface area contributed by atoms with Crippen LogP contribution < -0.4 is 4.74 Å². The molecule has 0 N–H and O–H groups in total. The molecule has 0 saturated heterocycles. The van der Waals surface area contributed by atoms with Crippen LogP contribution in [0.2, 0.25) is 0 Å². The number of hydrogen-bond acceptors (Lipinski definition) is 2. The number of alkyl halides is 1. The largest absolute Gasteiger partial charge is 0.493 e. The summed E-state index contributed by atoms with van der Waals surface area (Å²) in [6.45, 7) is 6.45. The molecule has 94 valence electrons. The Labute approximate surface area is 108 Å². The fourth-order valence-corrected chi connectivity index (χ4v) is 1.51. The van der Waals surface area contributed by atoms with Gasteiger partial charge in [-0.05, 0) is 37.0 Å². The fourth-order valence-electron chi connectivity index (χ4n) is 1.34. The first kappa shape index (κ1) is 14.0. The molecular formula is C14H19ClO2. The average Bonchev–Trinajstić information content (AvgIpc) is 2.28. The molecule has 0 saturated carbocycles. The van der Waals surface area contributed by atoms with Gasteiger partial charge in [0.1, 0.15) is 11.5 Å². The summed E-state index contributed by atoms with van der Waals surface area (Å²) in [5.74, 6) is 1.38. The maximum absolute atomic E-state index is 11.0. The van der Waals surface area contributed by atoms with Gasteiger partial charge in [-0.2, -0.15) is 0 Å². The Morgan fingerprint density at radius 3 is 2.35 bits per heavy atom. The lowest BCUT2D eigenvalue weighted by Crippen LogP contribution is -2.13. The molecule has 0 bridgehead atoms. The second-order valence-electron chi connectivity index (χ2n) is 4.63. The molecule has 0 fully saturated rings. The molecule has 0 radical (unpaired) electrons. The Balaban J connectivity index is 2.53. The molecule has 1 aromatic rings. The Bertz CT molecular complexity index is 357. The van der Waals surface area contributed by atoms with Crippen LogP contribution >= 0.6 is 11.6 Å². The molecule has 1 atom stereocenters. The van der Waals surface area contributed by atoms with E-state index < -0.39 is 5.38 Å². The van der Waals surface area contributed by atoms with Crippen molar-refractivity contribution in [3.63, 3.8) is 0 Å². The number of ether oxygens (including phenoxy) is 1. The van der Waals surface area contributed by atoms with Crippen molar-refractivity contribution >= 4 is 17.4 Å². The molecule has 0 aliphatic heterocycles. The lowest BCUT2D eigenvalue weighted by atomic mass is 10.1. The van der Waals surface area contributed by atoms with Gasteiger partial charge in [0.2, 0.25) is 0 Å². The number of carbonyl (C=O) groups excluding carboxylic acids is 1. The van der Waals surface area contributed by atoms with Crippen molar-refractivity contribution in [2.24, 2.45) is 5.92 Å². The van der Waals surface area contributed by atoms with Gasteiger partial charge in [-0.1, -0.05) is 26.0 Å². The lowest BCUT2D eigenvalue weighted by molar-refractivity contribution is -0.116. The zero-order valence-corrected chi connectivity index (χ0v) is 11.3. The van der Waals surface area contributed by atoms with Crippen LogP contribution in [0.4, 0.5) is 0 Å². The van der Waals surface area contributed by atoms with Crippen molar-refractivity contribution in [1.82, 2.24) is 0 Å². The summed E-state index contributed by atoms with van der Waals surface area (Å²) in [5.41, 5.74) is 1.05. The van der Waals surface area contributed by atoms with E-state index in [0.29, 0.717) is 18.9 Å². The molecule has 2 nitrogen and oxygen atoms in total. The predicted molar refractivity (Wildman–Crippen MR) is 70.8 cm³/mol. The van der Waals surface area contributed by atoms with Gasteiger partial charge in [0.15, 0.2) is 0 Å². The molecule has 0 spiro atoms. The van der Waals surface area contributed by atoms with Crippen molar-refractivity contribution < 1.29 is 9.53 Å². The molecule has 0 aliphatic rings. The monoisotopic (exact) mass is 254 g/mol. The summed E-state index contributed by atoms with van der Waals surface area (Å²) in [6.07, 6.45) is 0.571. The van der Waals surface area contributed by atoms with Crippen molar-refractivity contribution in [3.8, 4) is 5.75 Å². The SMILES string of the molecule is CC(=O)C(Cl)Cc1ccc(OCC(C)C)cc1. The van der Waals surface area contributed by atoms with Crippen LogP contribution in [-0.2, 0) is 11.2 Å². The van der Waals surface area contributed by atoms with Crippen LogP contribution in [0.3, 0.4) is 0 Å². The summed E-state index contributed by atoms with van der Waals surface area (Å²) in [6, 6.07) is 7.74. The van der Waals surface area contributed by atoms with Crippen molar-refractivity contribution in [2.75, 3.05) is 6.61 Å². The standard InChI is InChI=1S/C14H19ClO2/c1-10(2)9-17-13-6-4-12(5-7-13)8-14(15)11(3)16/h4-7,10,14H,8-9H2,1-3H3. The molecule has 1 rings (SSSR count). The second-order valence-corrected chi connectivity index (χ2v) is 5.16. The fraction of sp³-hybridized carbons (Fsp3) is 0.500. The maximum Gasteiger partial charge on any atom is 0.147 e. The van der Waals surface area contributed by atoms with E-state index in [2.05, 4.69) is 13.8 Å². The molecule has 0 aromatic heterocycles. The minimum Gasteiger partial charge on any atom is -0.493 e. The molecule has 0 amide bonds. The lowest BCUT2D eigenvalue weighted by Gasteiger charge is -2.10. The quantitative estimate of drug-likeness (QED) is 0.727. The van der Waals surface area contributed by atoms with Crippen molar-refractivity contribution in [3.05, 3.63) is 29.8 Å². The number of ketones is 1. The summed E-state index contributed by atoms with van der Waals surface area (Å²) in [7, 11) is 0. The van der Waals surface area contributed by atoms with Gasteiger partial charge in [0.25, 0.3) is 0 Å². The van der Waals surface area contributed by atoms with Gasteiger partial charge >= 0.3 is 0 Å². The minimum absolute atomic E-state index is 0.00630. The van der Waals surface area contributed by atoms with Crippen LogP contribution in [0.25, 0.3) is 0 Å². The third-order valence-corrected chi connectivity index (χ3v) is 2.82. The summed E-state index contributed by atoms with van der Waals surface area (Å²) in [4.78, 5) is 11.0. The third-order valence-electron chi connectivity index (χ3n) is 2.36. The number of halogens is 1. The number of benzene rings is 1. The molecule has 0 aliphatic carbocycles. The molecule has 3 heteroatoms. The summed E-state index contributed by atoms with van der Waals surface area (Å²) < 4.78 is 5.57. The van der Waals surface area contributed by atoms with Crippen LogP contribution in [0.5, 0.6) is 5.75 Å². The highest BCUT2D eigenvalue weighted by Crippen LogP contribution is 2.16. The van der Waals surface area contributed by atoms with E-state index in [-0.39, 0.29) is 5.78 Å². The van der Waals surface area contributed by atoms with Gasteiger partial charge in [-0.25, -0.2) is 0 Å². The molecular weight excluding hydrogens is 236 g/mol. The van der Waals surface area contributed by atoms with E-state index in [1.807, 2.05) is 24.3 Å². The molecule has 17 heavy (non-hydrogen) atoms. The Kier molecular flexibility index (Phi) is 5.49. The Hall–Kier alpha value is -1.02. The Morgan fingerprint density at radius 1 is 1.29 bits per heavy atom. The van der Waals surface area contributed by atoms with Crippen LogP contribution in [0.1, 0.15) is 26.3 Å². The van der Waals surface area contributed by atoms with Crippen LogP contribution in [0, 0.1) is 5.92 Å². The van der Waals surface area contributed by atoms with Gasteiger partial charge in [0.05, 0.1) is 12.0 Å². The van der Waals surface area contributed by atoms with Gasteiger partial charge in [-0.3, -0.25) is 4.79 Å². The second kappa shape index (κ2) is 6.65. The highest BCUT2D eigenvalue weighted by Gasteiger charge is 2.10. The zero-order valence-electron chi connectivity index (χ0n) is 10.6. The van der Waals surface area contributed by atoms with Gasteiger partial charge < -0.3 is 4.74 Å². The molecule has 1 aromatic carbocycles. The van der Waals surface area contributed by atoms with Crippen LogP contribution in [0.15, 0.2) is 24.3 Å². The minimum atomic E-state index is -0.433. The molecule has 1 unspecified atom stereocenters. The average molecular weight is 255 g/mol. The predicted octanol–water partition coefficient (Wildman–Crippen LogP) is 3.46. The Morgan fingerprint density at radius 2 is 1.88 bits per heavy atom. The number of carbonyl (C=O) groups is 1. The van der Waals surface area contributed by atoms with Crippen LogP contribution in [-0.4, -0.2) is 17.8 Å². The third kappa shape index (κ3) is 5.22. The van der Waals surface area contributed by atoms with E-state index in [1.54, 1.807) is 0 Å². The number of Topliss-reactive ketones (excluding diaryl/α,β-unsaturated/α-hetero) is 1. The topological polar surface area (TPSA) is 26.3 Å². The van der Waals surface area contributed by atoms with Crippen molar-refractivity contribution in [2.45, 2.75) is 32.6 Å². The van der Waals surface area contributed by atoms with E-state index in [4.69, 9.17) is 16.3 Å². The van der Waals surface area contributed by atoms with E-state index in [1.165, 1.54) is 6.92 Å². The van der Waals surface area contributed by atoms with Gasteiger partial charge in [-0.15, -0.1) is 11.6 Å². The normalized spacial score (nSPS) is 12.5. The first-order valence-electron chi connectivity index (χ1n) is 5.85. The molecule has 0 heterocycles. The van der Waals surface area contributed by atoms with E-state index in [9.17, 15) is 4.79 Å². The highest BCUT2D eigenvalue weighted by atomic mass is 35.5. The van der Waals surface area contributed by atoms with Crippen molar-refractivity contribution in [1.29, 1.82) is 0 Å². The maximum atomic E-state index is 11.0. The van der Waals surface area contributed by atoms with Gasteiger partial charge in [0, 0.05) is 0 Å². The first-order chi connectivity index (χ1) is 7.99. The summed E-state index contributed by atoms with van der Waals surface area (Å²) in [5, 5.41) is -0.433. The number of hydrogen-bond donors (Lipinski definition) is 0.